The molecule has 5 heteroatoms. The minimum Gasteiger partial charge on any atom is -0.396 e. The highest BCUT2D eigenvalue weighted by Crippen LogP contribution is 2.08. The molecule has 5 nitrogen and oxygen atoms in total. The number of aromatic nitrogens is 2. The van der Waals surface area contributed by atoms with Crippen molar-refractivity contribution in [3.8, 4) is 5.69 Å². The van der Waals surface area contributed by atoms with Crippen LogP contribution >= 0.6 is 0 Å². The maximum Gasteiger partial charge on any atom is 0.254 e. The molecule has 2 aromatic rings. The molecule has 1 aromatic carbocycles. The summed E-state index contributed by atoms with van der Waals surface area (Å²) in [6.07, 6.45) is 3.95. The molecule has 2 N–H and O–H groups in total. The monoisotopic (exact) mass is 273 g/mol. The van der Waals surface area contributed by atoms with E-state index in [9.17, 15) is 4.79 Å². The van der Waals surface area contributed by atoms with Gasteiger partial charge in [-0.1, -0.05) is 25.1 Å². The molecule has 20 heavy (non-hydrogen) atoms. The number of benzene rings is 1. The molecule has 1 amide bonds. The van der Waals surface area contributed by atoms with Gasteiger partial charge in [-0.15, -0.1) is 0 Å². The van der Waals surface area contributed by atoms with Crippen LogP contribution in [0.2, 0.25) is 0 Å². The number of nitrogens with one attached hydrogen (secondary N) is 1. The number of aliphatic hydroxyl groups is 1. The van der Waals surface area contributed by atoms with Crippen LogP contribution in [0.25, 0.3) is 5.69 Å². The van der Waals surface area contributed by atoms with Crippen molar-refractivity contribution in [1.29, 1.82) is 0 Å². The number of carbonyl (C=O) groups excluding carboxylic acids is 1. The molecule has 0 aliphatic heterocycles. The second-order valence-electron chi connectivity index (χ2n) is 4.84. The number of rotatable bonds is 6. The zero-order valence-electron chi connectivity index (χ0n) is 11.5. The van der Waals surface area contributed by atoms with Gasteiger partial charge in [0.15, 0.2) is 0 Å². The maximum absolute atomic E-state index is 12.0. The highest BCUT2D eigenvalue weighted by atomic mass is 16.3. The van der Waals surface area contributed by atoms with Crippen molar-refractivity contribution in [3.63, 3.8) is 0 Å². The summed E-state index contributed by atoms with van der Waals surface area (Å²) < 4.78 is 1.67. The number of hydrogen-bond donors (Lipinski definition) is 2. The van der Waals surface area contributed by atoms with Gasteiger partial charge in [-0.2, -0.15) is 5.10 Å². The van der Waals surface area contributed by atoms with E-state index >= 15 is 0 Å². The lowest BCUT2D eigenvalue weighted by Crippen LogP contribution is -2.28. The molecular formula is C15H19N3O2. The van der Waals surface area contributed by atoms with Gasteiger partial charge < -0.3 is 10.4 Å². The van der Waals surface area contributed by atoms with Crippen LogP contribution in [0.5, 0.6) is 0 Å². The lowest BCUT2D eigenvalue weighted by atomic mass is 10.1. The predicted octanol–water partition coefficient (Wildman–Crippen LogP) is 1.62. The van der Waals surface area contributed by atoms with Crippen LogP contribution in [0.15, 0.2) is 42.7 Å². The molecule has 0 spiro atoms. The predicted molar refractivity (Wildman–Crippen MR) is 76.8 cm³/mol. The van der Waals surface area contributed by atoms with Crippen LogP contribution in [-0.2, 0) is 0 Å². The van der Waals surface area contributed by atoms with E-state index in [2.05, 4.69) is 10.4 Å². The molecule has 0 saturated heterocycles. The Morgan fingerprint density at radius 3 is 2.85 bits per heavy atom. The third-order valence-electron chi connectivity index (χ3n) is 3.10. The Hall–Kier alpha value is -2.14. The van der Waals surface area contributed by atoms with Crippen LogP contribution < -0.4 is 5.32 Å². The molecule has 1 unspecified atom stereocenters. The van der Waals surface area contributed by atoms with E-state index in [0.717, 1.165) is 5.69 Å². The normalized spacial score (nSPS) is 12.1. The van der Waals surface area contributed by atoms with Gasteiger partial charge in [0.05, 0.1) is 17.4 Å². The standard InChI is InChI=1S/C15H19N3O2/c1-12(7-8-19)9-16-15(20)13-10-17-18(11-13)14-5-3-2-4-6-14/h2-6,10-12,19H,7-9H2,1H3,(H,16,20). The summed E-state index contributed by atoms with van der Waals surface area (Å²) in [5.74, 6) is 0.116. The Bertz CT molecular complexity index is 551. The Morgan fingerprint density at radius 2 is 2.15 bits per heavy atom. The smallest absolute Gasteiger partial charge is 0.254 e. The Morgan fingerprint density at radius 1 is 1.40 bits per heavy atom. The van der Waals surface area contributed by atoms with Crippen molar-refractivity contribution in [2.45, 2.75) is 13.3 Å². The van der Waals surface area contributed by atoms with E-state index in [1.54, 1.807) is 17.1 Å². The minimum absolute atomic E-state index is 0.142. The van der Waals surface area contributed by atoms with E-state index in [4.69, 9.17) is 5.11 Å². The minimum atomic E-state index is -0.142. The average molecular weight is 273 g/mol. The van der Waals surface area contributed by atoms with Gasteiger partial charge in [0, 0.05) is 19.3 Å². The lowest BCUT2D eigenvalue weighted by Gasteiger charge is -2.10. The first kappa shape index (κ1) is 14.3. The van der Waals surface area contributed by atoms with E-state index in [0.29, 0.717) is 18.5 Å². The van der Waals surface area contributed by atoms with E-state index in [-0.39, 0.29) is 18.4 Å². The topological polar surface area (TPSA) is 67.2 Å². The van der Waals surface area contributed by atoms with Crippen LogP contribution in [-0.4, -0.2) is 33.9 Å². The van der Waals surface area contributed by atoms with Gasteiger partial charge in [-0.25, -0.2) is 4.68 Å². The summed E-state index contributed by atoms with van der Waals surface area (Å²) in [6, 6.07) is 9.64. The summed E-state index contributed by atoms with van der Waals surface area (Å²) in [7, 11) is 0. The highest BCUT2D eigenvalue weighted by molar-refractivity contribution is 5.93. The highest BCUT2D eigenvalue weighted by Gasteiger charge is 2.10. The number of nitrogens with zero attached hydrogens (tertiary/aromatic N) is 2. The second kappa shape index (κ2) is 6.86. The van der Waals surface area contributed by atoms with E-state index < -0.39 is 0 Å². The fourth-order valence-electron chi connectivity index (χ4n) is 1.85. The van der Waals surface area contributed by atoms with Crippen LogP contribution in [0.4, 0.5) is 0 Å². The Labute approximate surface area is 118 Å². The molecule has 106 valence electrons. The van der Waals surface area contributed by atoms with Crippen LogP contribution in [0.1, 0.15) is 23.7 Å². The van der Waals surface area contributed by atoms with Gasteiger partial charge in [0.25, 0.3) is 5.91 Å². The lowest BCUT2D eigenvalue weighted by molar-refractivity contribution is 0.0945. The summed E-state index contributed by atoms with van der Waals surface area (Å²) in [6.45, 7) is 2.68. The average Bonchev–Trinajstić information content (AvgIpc) is 2.96. The molecule has 0 saturated carbocycles. The molecule has 0 radical (unpaired) electrons. The maximum atomic E-state index is 12.0. The fourth-order valence-corrected chi connectivity index (χ4v) is 1.85. The largest absolute Gasteiger partial charge is 0.396 e. The zero-order valence-corrected chi connectivity index (χ0v) is 11.5. The first-order chi connectivity index (χ1) is 9.70. The molecular weight excluding hydrogens is 254 g/mol. The van der Waals surface area contributed by atoms with Gasteiger partial charge in [-0.3, -0.25) is 4.79 Å². The van der Waals surface area contributed by atoms with Crippen LogP contribution in [0.3, 0.4) is 0 Å². The third-order valence-corrected chi connectivity index (χ3v) is 3.10. The molecule has 1 aromatic heterocycles. The van der Waals surface area contributed by atoms with Crippen molar-refractivity contribution < 1.29 is 9.90 Å². The van der Waals surface area contributed by atoms with Crippen LogP contribution in [0, 0.1) is 5.92 Å². The zero-order chi connectivity index (χ0) is 14.4. The van der Waals surface area contributed by atoms with E-state index in [1.165, 1.54) is 0 Å². The quantitative estimate of drug-likeness (QED) is 0.840. The molecule has 1 atom stereocenters. The van der Waals surface area contributed by atoms with Crippen molar-refractivity contribution in [3.05, 3.63) is 48.3 Å². The van der Waals surface area contributed by atoms with Crippen molar-refractivity contribution in [1.82, 2.24) is 15.1 Å². The van der Waals surface area contributed by atoms with Gasteiger partial charge in [-0.05, 0) is 24.5 Å². The van der Waals surface area contributed by atoms with Crippen molar-refractivity contribution >= 4 is 5.91 Å². The van der Waals surface area contributed by atoms with Crippen molar-refractivity contribution in [2.24, 2.45) is 5.92 Å². The number of para-hydroxylation sites is 1. The summed E-state index contributed by atoms with van der Waals surface area (Å²) in [5.41, 5.74) is 1.45. The Kier molecular flexibility index (Phi) is 4.90. The van der Waals surface area contributed by atoms with Gasteiger partial charge >= 0.3 is 0 Å². The van der Waals surface area contributed by atoms with Gasteiger partial charge in [0.1, 0.15) is 0 Å². The molecule has 0 aliphatic carbocycles. The number of carbonyl (C=O) groups is 1. The summed E-state index contributed by atoms with van der Waals surface area (Å²) >= 11 is 0. The fraction of sp³-hybridized carbons (Fsp3) is 0.333. The number of aliphatic hydroxyl groups excluding tert-OH is 1. The second-order valence-corrected chi connectivity index (χ2v) is 4.84. The molecule has 0 aliphatic rings. The summed E-state index contributed by atoms with van der Waals surface area (Å²) in [5, 5.41) is 15.9. The van der Waals surface area contributed by atoms with Gasteiger partial charge in [0.2, 0.25) is 0 Å². The van der Waals surface area contributed by atoms with E-state index in [1.807, 2.05) is 37.3 Å². The molecule has 2 rings (SSSR count). The molecule has 1 heterocycles. The SMILES string of the molecule is CC(CCO)CNC(=O)c1cnn(-c2ccccc2)c1. The first-order valence-corrected chi connectivity index (χ1v) is 6.70. The molecule has 0 bridgehead atoms. The number of hydrogen-bond acceptors (Lipinski definition) is 3. The Balaban J connectivity index is 1.97. The first-order valence-electron chi connectivity index (χ1n) is 6.70. The molecule has 0 fully saturated rings. The third kappa shape index (κ3) is 3.68. The van der Waals surface area contributed by atoms with Crippen molar-refractivity contribution in [2.75, 3.05) is 13.2 Å². The number of amides is 1. The summed E-state index contributed by atoms with van der Waals surface area (Å²) in [4.78, 5) is 12.0.